The molecule has 0 N–H and O–H groups in total. The zero-order valence-corrected chi connectivity index (χ0v) is 17.2. The van der Waals surface area contributed by atoms with Crippen molar-refractivity contribution in [2.24, 2.45) is 7.05 Å². The first kappa shape index (κ1) is 19.2. The molecule has 5 nitrogen and oxygen atoms in total. The van der Waals surface area contributed by atoms with Crippen LogP contribution in [0, 0.1) is 5.82 Å². The molecule has 1 saturated heterocycles. The molecular weight excluding hydrogens is 381 g/mol. The van der Waals surface area contributed by atoms with Gasteiger partial charge in [0, 0.05) is 31.7 Å². The third kappa shape index (κ3) is 3.49. The van der Waals surface area contributed by atoms with Crippen molar-refractivity contribution < 1.29 is 9.13 Å². The van der Waals surface area contributed by atoms with Crippen molar-refractivity contribution in [2.45, 2.75) is 44.2 Å². The van der Waals surface area contributed by atoms with Crippen LogP contribution < -0.4 is 10.3 Å². The van der Waals surface area contributed by atoms with Gasteiger partial charge in [-0.25, -0.2) is 9.37 Å². The molecule has 2 fully saturated rings. The minimum Gasteiger partial charge on any atom is -0.490 e. The molecule has 0 bridgehead atoms. The third-order valence-corrected chi connectivity index (χ3v) is 6.54. The highest BCUT2D eigenvalue weighted by Gasteiger charge is 2.29. The quantitative estimate of drug-likeness (QED) is 0.652. The van der Waals surface area contributed by atoms with Crippen molar-refractivity contribution in [1.82, 2.24) is 14.5 Å². The fourth-order valence-corrected chi connectivity index (χ4v) is 4.51. The first-order valence-corrected chi connectivity index (χ1v) is 10.8. The average Bonchev–Trinajstić information content (AvgIpc) is 2.71. The Bertz CT molecular complexity index is 1110. The van der Waals surface area contributed by atoms with E-state index in [9.17, 15) is 9.18 Å². The van der Waals surface area contributed by atoms with Gasteiger partial charge in [0.15, 0.2) is 0 Å². The first-order valence-electron chi connectivity index (χ1n) is 10.8. The van der Waals surface area contributed by atoms with Crippen LogP contribution in [0.25, 0.3) is 22.3 Å². The summed E-state index contributed by atoms with van der Waals surface area (Å²) in [5.41, 5.74) is 0.784. The number of ether oxygens (including phenoxy) is 1. The molecule has 156 valence electrons. The van der Waals surface area contributed by atoms with E-state index in [0.717, 1.165) is 43.3 Å². The van der Waals surface area contributed by atoms with Crippen molar-refractivity contribution in [3.63, 3.8) is 0 Å². The Morgan fingerprint density at radius 1 is 1.03 bits per heavy atom. The van der Waals surface area contributed by atoms with Gasteiger partial charge in [-0.05, 0) is 62.1 Å². The number of piperidine rings is 1. The Kier molecular flexibility index (Phi) is 5.03. The smallest absolute Gasteiger partial charge is 0.264 e. The average molecular weight is 407 g/mol. The number of halogens is 1. The number of nitrogens with zero attached hydrogens (tertiary/aromatic N) is 3. The molecule has 1 aliphatic carbocycles. The summed E-state index contributed by atoms with van der Waals surface area (Å²) in [6.45, 7) is 2.24. The second-order valence-corrected chi connectivity index (χ2v) is 8.40. The van der Waals surface area contributed by atoms with Gasteiger partial charge in [0.1, 0.15) is 28.9 Å². The van der Waals surface area contributed by atoms with Gasteiger partial charge in [0.05, 0.1) is 5.52 Å². The lowest BCUT2D eigenvalue weighted by Gasteiger charge is -2.41. The summed E-state index contributed by atoms with van der Waals surface area (Å²) in [5.74, 6) is 0.801. The Balaban J connectivity index is 1.32. The van der Waals surface area contributed by atoms with Crippen LogP contribution in [0.5, 0.6) is 5.75 Å². The predicted molar refractivity (Wildman–Crippen MR) is 115 cm³/mol. The molecule has 0 atom stereocenters. The van der Waals surface area contributed by atoms with Crippen LogP contribution in [0.3, 0.4) is 0 Å². The number of likely N-dealkylation sites (tertiary alicyclic amines) is 1. The molecule has 0 amide bonds. The van der Waals surface area contributed by atoms with Crippen LogP contribution in [-0.2, 0) is 7.05 Å². The van der Waals surface area contributed by atoms with Gasteiger partial charge in [0.2, 0.25) is 0 Å². The minimum absolute atomic E-state index is 0.0250. The maximum Gasteiger partial charge on any atom is 0.264 e. The van der Waals surface area contributed by atoms with Crippen molar-refractivity contribution in [1.29, 1.82) is 0 Å². The van der Waals surface area contributed by atoms with Crippen LogP contribution >= 0.6 is 0 Å². The third-order valence-electron chi connectivity index (χ3n) is 6.54. The first-order chi connectivity index (χ1) is 14.6. The molecule has 1 aromatic heterocycles. The van der Waals surface area contributed by atoms with Crippen LogP contribution in [-0.4, -0.2) is 39.7 Å². The van der Waals surface area contributed by atoms with Gasteiger partial charge in [-0.3, -0.25) is 9.36 Å². The largest absolute Gasteiger partial charge is 0.490 e. The summed E-state index contributed by atoms with van der Waals surface area (Å²) < 4.78 is 21.7. The zero-order valence-electron chi connectivity index (χ0n) is 17.2. The maximum absolute atomic E-state index is 14.1. The summed E-state index contributed by atoms with van der Waals surface area (Å²) in [6, 6.07) is 13.0. The lowest BCUT2D eigenvalue weighted by molar-refractivity contribution is 0.0493. The molecule has 1 aliphatic heterocycles. The summed E-state index contributed by atoms with van der Waals surface area (Å²) in [5, 5.41) is 0.0250. The molecule has 0 radical (unpaired) electrons. The minimum atomic E-state index is -0.542. The van der Waals surface area contributed by atoms with E-state index in [-0.39, 0.29) is 17.0 Å². The van der Waals surface area contributed by atoms with Gasteiger partial charge in [-0.1, -0.05) is 12.5 Å². The van der Waals surface area contributed by atoms with E-state index in [1.807, 2.05) is 24.3 Å². The molecule has 2 aromatic carbocycles. The SMILES string of the molecule is Cn1c(-c2ccc(OC3CCN(C4CCC4)CC3)cc2)nc2cccc(F)c2c1=O. The molecule has 2 aliphatic rings. The number of rotatable bonds is 4. The van der Waals surface area contributed by atoms with Gasteiger partial charge in [-0.2, -0.15) is 0 Å². The number of aromatic nitrogens is 2. The Labute approximate surface area is 175 Å². The van der Waals surface area contributed by atoms with E-state index in [1.54, 1.807) is 19.2 Å². The highest BCUT2D eigenvalue weighted by Crippen LogP contribution is 2.29. The molecule has 30 heavy (non-hydrogen) atoms. The molecule has 5 rings (SSSR count). The van der Waals surface area contributed by atoms with E-state index in [0.29, 0.717) is 11.3 Å². The maximum atomic E-state index is 14.1. The van der Waals surface area contributed by atoms with Crippen LogP contribution in [0.15, 0.2) is 47.3 Å². The van der Waals surface area contributed by atoms with Crippen molar-refractivity contribution in [2.75, 3.05) is 13.1 Å². The van der Waals surface area contributed by atoms with Crippen LogP contribution in [0.1, 0.15) is 32.1 Å². The molecule has 0 spiro atoms. The second-order valence-electron chi connectivity index (χ2n) is 8.40. The van der Waals surface area contributed by atoms with Gasteiger partial charge >= 0.3 is 0 Å². The lowest BCUT2D eigenvalue weighted by Crippen LogP contribution is -2.46. The van der Waals surface area contributed by atoms with Gasteiger partial charge in [0.25, 0.3) is 5.56 Å². The van der Waals surface area contributed by atoms with Gasteiger partial charge in [-0.15, -0.1) is 0 Å². The Morgan fingerprint density at radius 3 is 2.43 bits per heavy atom. The van der Waals surface area contributed by atoms with Gasteiger partial charge < -0.3 is 9.64 Å². The summed E-state index contributed by atoms with van der Waals surface area (Å²) in [7, 11) is 1.62. The summed E-state index contributed by atoms with van der Waals surface area (Å²) >= 11 is 0. The van der Waals surface area contributed by atoms with E-state index >= 15 is 0 Å². The highest BCUT2D eigenvalue weighted by atomic mass is 19.1. The fourth-order valence-electron chi connectivity index (χ4n) is 4.51. The molecular formula is C24H26FN3O2. The van der Waals surface area contributed by atoms with Crippen LogP contribution in [0.4, 0.5) is 4.39 Å². The molecule has 2 heterocycles. The van der Waals surface area contributed by atoms with E-state index in [4.69, 9.17) is 4.74 Å². The van der Waals surface area contributed by atoms with E-state index in [2.05, 4.69) is 9.88 Å². The number of hydrogen-bond acceptors (Lipinski definition) is 4. The standard InChI is InChI=1S/C24H26FN3O2/c1-27-23(26-21-7-3-6-20(25)22(21)24(27)29)16-8-10-18(11-9-16)30-19-12-14-28(15-13-19)17-4-2-5-17/h3,6-11,17,19H,2,4-5,12-15H2,1H3. The monoisotopic (exact) mass is 407 g/mol. The zero-order chi connectivity index (χ0) is 20.7. The highest BCUT2D eigenvalue weighted by molar-refractivity contribution is 5.80. The predicted octanol–water partition coefficient (Wildman–Crippen LogP) is 4.14. The fraction of sp³-hybridized carbons (Fsp3) is 0.417. The number of hydrogen-bond donors (Lipinski definition) is 0. The summed E-state index contributed by atoms with van der Waals surface area (Å²) in [4.78, 5) is 19.8. The van der Waals surface area contributed by atoms with E-state index in [1.165, 1.54) is 29.9 Å². The number of benzene rings is 2. The molecule has 3 aromatic rings. The molecule has 6 heteroatoms. The van der Waals surface area contributed by atoms with E-state index < -0.39 is 5.82 Å². The van der Waals surface area contributed by atoms with Crippen molar-refractivity contribution in [3.05, 3.63) is 58.6 Å². The normalized spacial score (nSPS) is 18.5. The molecule has 0 unspecified atom stereocenters. The lowest BCUT2D eigenvalue weighted by atomic mass is 9.90. The Hall–Kier alpha value is -2.73. The van der Waals surface area contributed by atoms with Crippen LogP contribution in [0.2, 0.25) is 0 Å². The number of fused-ring (bicyclic) bond motifs is 1. The summed E-state index contributed by atoms with van der Waals surface area (Å²) in [6.07, 6.45) is 6.45. The van der Waals surface area contributed by atoms with Crippen molar-refractivity contribution in [3.8, 4) is 17.1 Å². The topological polar surface area (TPSA) is 47.4 Å². The molecule has 1 saturated carbocycles. The second kappa shape index (κ2) is 7.84. The Morgan fingerprint density at radius 2 is 1.77 bits per heavy atom. The van der Waals surface area contributed by atoms with Crippen molar-refractivity contribution >= 4 is 10.9 Å².